The molecule has 1 atom stereocenters. The molecule has 4 rings (SSSR count). The Balaban J connectivity index is 1.63. The van der Waals surface area contributed by atoms with Crippen LogP contribution < -0.4 is 0 Å². The van der Waals surface area contributed by atoms with Crippen LogP contribution >= 0.6 is 0 Å². The molecule has 0 saturated carbocycles. The van der Waals surface area contributed by atoms with Gasteiger partial charge < -0.3 is 14.2 Å². The highest BCUT2D eigenvalue weighted by molar-refractivity contribution is 5.93. The number of rotatable bonds is 4. The highest BCUT2D eigenvalue weighted by Crippen LogP contribution is 2.55. The van der Waals surface area contributed by atoms with Gasteiger partial charge in [0.05, 0.1) is 17.8 Å². The van der Waals surface area contributed by atoms with E-state index in [0.717, 1.165) is 56.8 Å². The van der Waals surface area contributed by atoms with E-state index in [4.69, 9.17) is 9.26 Å². The average Bonchev–Trinajstić information content (AvgIpc) is 3.30. The predicted octanol–water partition coefficient (Wildman–Crippen LogP) is 3.57. The minimum atomic E-state index is -0.0964. The van der Waals surface area contributed by atoms with E-state index in [2.05, 4.69) is 44.1 Å². The van der Waals surface area contributed by atoms with E-state index in [-0.39, 0.29) is 22.9 Å². The van der Waals surface area contributed by atoms with Gasteiger partial charge in [0.1, 0.15) is 5.76 Å². The van der Waals surface area contributed by atoms with Crippen LogP contribution in [0, 0.1) is 5.41 Å². The molecule has 28 heavy (non-hydrogen) atoms. The van der Waals surface area contributed by atoms with Crippen molar-refractivity contribution in [3.63, 3.8) is 0 Å². The number of nitrogens with zero attached hydrogens (tertiary/aromatic N) is 4. The molecule has 2 fully saturated rings. The number of amides is 1. The topological polar surface area (TPSA) is 73.4 Å². The Morgan fingerprint density at radius 1 is 1.32 bits per heavy atom. The molecule has 2 aliphatic heterocycles. The molecule has 0 bridgehead atoms. The van der Waals surface area contributed by atoms with E-state index in [1.165, 1.54) is 0 Å². The maximum atomic E-state index is 13.2. The largest absolute Gasteiger partial charge is 0.381 e. The predicted molar refractivity (Wildman–Crippen MR) is 104 cm³/mol. The first-order chi connectivity index (χ1) is 13.3. The molecule has 2 aromatic rings. The Bertz CT molecular complexity index is 842. The van der Waals surface area contributed by atoms with Gasteiger partial charge in [-0.25, -0.2) is 0 Å². The maximum absolute atomic E-state index is 13.2. The van der Waals surface area contributed by atoms with Crippen LogP contribution in [0.15, 0.2) is 23.0 Å². The lowest BCUT2D eigenvalue weighted by Crippen LogP contribution is -2.62. The number of carbonyl (C=O) groups excluding carboxylic acids is 1. The summed E-state index contributed by atoms with van der Waals surface area (Å²) in [6.45, 7) is 10.7. The van der Waals surface area contributed by atoms with Crippen LogP contribution in [0.3, 0.4) is 0 Å². The lowest BCUT2D eigenvalue weighted by molar-refractivity contribution is -0.115. The van der Waals surface area contributed by atoms with Crippen molar-refractivity contribution in [2.24, 2.45) is 5.41 Å². The average molecular weight is 386 g/mol. The fourth-order valence-electron chi connectivity index (χ4n) is 4.44. The van der Waals surface area contributed by atoms with Crippen LogP contribution in [0.25, 0.3) is 0 Å². The quantitative estimate of drug-likeness (QED) is 0.803. The Morgan fingerprint density at radius 2 is 2.07 bits per heavy atom. The van der Waals surface area contributed by atoms with Crippen LogP contribution in [0.5, 0.6) is 0 Å². The van der Waals surface area contributed by atoms with Gasteiger partial charge in [-0.2, -0.15) is 5.10 Å². The van der Waals surface area contributed by atoms with Crippen molar-refractivity contribution in [3.05, 3.63) is 35.5 Å². The molecule has 1 amide bonds. The third-order valence-electron chi connectivity index (χ3n) is 6.01. The van der Waals surface area contributed by atoms with Gasteiger partial charge in [-0.3, -0.25) is 9.48 Å². The van der Waals surface area contributed by atoms with E-state index < -0.39 is 0 Å². The summed E-state index contributed by atoms with van der Waals surface area (Å²) in [6.07, 6.45) is 7.68. The van der Waals surface area contributed by atoms with Crippen molar-refractivity contribution < 1.29 is 14.1 Å². The molecule has 7 heteroatoms. The lowest BCUT2D eigenvalue weighted by Gasteiger charge is -2.58. The van der Waals surface area contributed by atoms with E-state index in [1.807, 2.05) is 15.8 Å². The van der Waals surface area contributed by atoms with Gasteiger partial charge in [-0.15, -0.1) is 0 Å². The van der Waals surface area contributed by atoms with E-state index in [1.54, 1.807) is 6.07 Å². The van der Waals surface area contributed by atoms with Crippen molar-refractivity contribution in [3.8, 4) is 0 Å². The van der Waals surface area contributed by atoms with Gasteiger partial charge >= 0.3 is 0 Å². The molecule has 0 aromatic carbocycles. The minimum absolute atomic E-state index is 0.00586. The summed E-state index contributed by atoms with van der Waals surface area (Å²) >= 11 is 0. The summed E-state index contributed by atoms with van der Waals surface area (Å²) in [5, 5.41) is 8.61. The number of hydrogen-bond acceptors (Lipinski definition) is 5. The number of hydrogen-bond donors (Lipinski definition) is 0. The van der Waals surface area contributed by atoms with Gasteiger partial charge in [0, 0.05) is 49.4 Å². The molecular formula is C21H30N4O3. The molecule has 2 saturated heterocycles. The first-order valence-electron chi connectivity index (χ1n) is 10.2. The van der Waals surface area contributed by atoms with Gasteiger partial charge in [0.15, 0.2) is 5.69 Å². The zero-order valence-corrected chi connectivity index (χ0v) is 17.3. The molecular weight excluding hydrogens is 356 g/mol. The van der Waals surface area contributed by atoms with Crippen molar-refractivity contribution in [1.29, 1.82) is 0 Å². The highest BCUT2D eigenvalue weighted by Gasteiger charge is 2.56. The number of likely N-dealkylation sites (tertiary alicyclic amines) is 1. The molecule has 2 aliphatic rings. The first kappa shape index (κ1) is 19.2. The summed E-state index contributed by atoms with van der Waals surface area (Å²) in [6, 6.07) is 1.79. The van der Waals surface area contributed by atoms with Crippen LogP contribution in [-0.2, 0) is 16.7 Å². The van der Waals surface area contributed by atoms with Gasteiger partial charge in [-0.05, 0) is 40.0 Å². The third kappa shape index (κ3) is 3.26. The normalized spacial score (nSPS) is 21.7. The van der Waals surface area contributed by atoms with Crippen molar-refractivity contribution in [2.45, 2.75) is 65.0 Å². The van der Waals surface area contributed by atoms with Crippen LogP contribution in [0.2, 0.25) is 0 Å². The Kier molecular flexibility index (Phi) is 4.81. The maximum Gasteiger partial charge on any atom is 0.276 e. The molecule has 1 unspecified atom stereocenters. The number of ether oxygens (including phenoxy) is 1. The summed E-state index contributed by atoms with van der Waals surface area (Å²) in [5.41, 5.74) is 1.46. The van der Waals surface area contributed by atoms with E-state index in [9.17, 15) is 4.79 Å². The van der Waals surface area contributed by atoms with Crippen molar-refractivity contribution in [2.75, 3.05) is 19.8 Å². The first-order valence-corrected chi connectivity index (χ1v) is 10.2. The van der Waals surface area contributed by atoms with Crippen molar-refractivity contribution >= 4 is 5.91 Å². The van der Waals surface area contributed by atoms with Gasteiger partial charge in [-0.1, -0.05) is 12.1 Å². The molecule has 152 valence electrons. The van der Waals surface area contributed by atoms with Gasteiger partial charge in [0.2, 0.25) is 0 Å². The minimum Gasteiger partial charge on any atom is -0.381 e. The number of aryl methyl sites for hydroxylation is 1. The van der Waals surface area contributed by atoms with Crippen LogP contribution in [0.1, 0.15) is 74.8 Å². The Morgan fingerprint density at radius 3 is 2.71 bits per heavy atom. The zero-order chi connectivity index (χ0) is 19.9. The summed E-state index contributed by atoms with van der Waals surface area (Å²) < 4.78 is 12.9. The fraction of sp³-hybridized carbons (Fsp3) is 0.667. The molecule has 1 spiro atoms. The van der Waals surface area contributed by atoms with Gasteiger partial charge in [0.25, 0.3) is 5.91 Å². The Hall–Kier alpha value is -2.15. The van der Waals surface area contributed by atoms with E-state index in [0.29, 0.717) is 5.69 Å². The zero-order valence-electron chi connectivity index (χ0n) is 17.3. The third-order valence-corrected chi connectivity index (χ3v) is 6.01. The summed E-state index contributed by atoms with van der Waals surface area (Å²) in [4.78, 5) is 15.1. The second-order valence-corrected chi connectivity index (χ2v) is 9.13. The monoisotopic (exact) mass is 386 g/mol. The second-order valence-electron chi connectivity index (χ2n) is 9.13. The molecule has 7 nitrogen and oxygen atoms in total. The standard InChI is InChI=1S/C21H30N4O3/c1-5-6-16-11-17(23-28-16)19(26)24-14-21(7-9-27-10-8-21)18(24)15-12-22-25(13-15)20(2,3)4/h11-13,18H,5-10,14H2,1-4H3. The van der Waals surface area contributed by atoms with Crippen LogP contribution in [-0.4, -0.2) is 45.5 Å². The lowest BCUT2D eigenvalue weighted by atomic mass is 9.64. The number of aromatic nitrogens is 3. The van der Waals surface area contributed by atoms with Crippen LogP contribution in [0.4, 0.5) is 0 Å². The molecule has 0 N–H and O–H groups in total. The van der Waals surface area contributed by atoms with E-state index >= 15 is 0 Å². The number of carbonyl (C=O) groups is 1. The highest BCUT2D eigenvalue weighted by atomic mass is 16.5. The second kappa shape index (κ2) is 7.03. The fourth-order valence-corrected chi connectivity index (χ4v) is 4.44. The molecule has 2 aromatic heterocycles. The molecule has 4 heterocycles. The van der Waals surface area contributed by atoms with Crippen molar-refractivity contribution in [1.82, 2.24) is 19.8 Å². The summed E-state index contributed by atoms with van der Waals surface area (Å²) in [7, 11) is 0. The Labute approximate surface area is 166 Å². The SMILES string of the molecule is CCCc1cc(C(=O)N2CC3(CCOCC3)C2c2cnn(C(C)(C)C)c2)no1. The molecule has 0 aliphatic carbocycles. The summed E-state index contributed by atoms with van der Waals surface area (Å²) in [5.74, 6) is 0.709. The smallest absolute Gasteiger partial charge is 0.276 e. The molecule has 0 radical (unpaired) electrons.